The van der Waals surface area contributed by atoms with Crippen LogP contribution in [-0.2, 0) is 9.83 Å². The summed E-state index contributed by atoms with van der Waals surface area (Å²) in [6, 6.07) is 0. The van der Waals surface area contributed by atoms with Gasteiger partial charge in [0.1, 0.15) is 0 Å². The predicted molar refractivity (Wildman–Crippen MR) is 136 cm³/mol. The van der Waals surface area contributed by atoms with E-state index >= 15 is 0 Å². The van der Waals surface area contributed by atoms with Gasteiger partial charge in [0.2, 0.25) is 0 Å². The van der Waals surface area contributed by atoms with Gasteiger partial charge in [-0.05, 0) is 31.6 Å². The summed E-state index contributed by atoms with van der Waals surface area (Å²) in [5, 5.41) is 0.442. The molecule has 0 saturated heterocycles. The lowest BCUT2D eigenvalue weighted by atomic mass is 9.94. The molecule has 0 aromatic rings. The molecule has 0 aromatic carbocycles. The van der Waals surface area contributed by atoms with Crippen molar-refractivity contribution in [3.8, 4) is 0 Å². The topological polar surface area (TPSA) is 17.1 Å². The van der Waals surface area contributed by atoms with E-state index in [4.69, 9.17) is 0 Å². The smallest absolute Gasteiger partial charge is 0.0835 e. The van der Waals surface area contributed by atoms with E-state index in [0.29, 0.717) is 5.25 Å². The zero-order valence-electron chi connectivity index (χ0n) is 19.9. The molecule has 174 valence electrons. The third-order valence-electron chi connectivity index (χ3n) is 6.68. The highest BCUT2D eigenvalue weighted by molar-refractivity contribution is 8.69. The van der Waals surface area contributed by atoms with Gasteiger partial charge in [-0.1, -0.05) is 134 Å². The molecule has 1 rings (SSSR count). The predicted octanol–water partition coefficient (Wildman–Crippen LogP) is 9.61. The molecule has 0 bridgehead atoms. The van der Waals surface area contributed by atoms with E-state index < -0.39 is 9.83 Å². The lowest BCUT2D eigenvalue weighted by Gasteiger charge is -2.20. The minimum atomic E-state index is -0.677. The molecule has 2 atom stereocenters. The molecule has 0 amide bonds. The summed E-state index contributed by atoms with van der Waals surface area (Å²) in [5.41, 5.74) is 0. The van der Waals surface area contributed by atoms with Crippen LogP contribution in [0.25, 0.3) is 0 Å². The van der Waals surface area contributed by atoms with Crippen LogP contribution in [0.15, 0.2) is 0 Å². The molecule has 0 aromatic heterocycles. The van der Waals surface area contributed by atoms with E-state index in [2.05, 4.69) is 13.8 Å². The summed E-state index contributed by atoms with van der Waals surface area (Å²) in [7, 11) is 1.15. The van der Waals surface area contributed by atoms with Crippen LogP contribution < -0.4 is 0 Å². The Bertz CT molecular complexity index is 360. The van der Waals surface area contributed by atoms with Crippen molar-refractivity contribution in [3.63, 3.8) is 0 Å². The summed E-state index contributed by atoms with van der Waals surface area (Å²) in [5.74, 6) is 1.95. The van der Waals surface area contributed by atoms with Gasteiger partial charge in [-0.25, -0.2) is 4.21 Å². The van der Waals surface area contributed by atoms with Crippen molar-refractivity contribution >= 4 is 20.6 Å². The molecule has 0 heterocycles. The van der Waals surface area contributed by atoms with Crippen molar-refractivity contribution in [3.05, 3.63) is 0 Å². The van der Waals surface area contributed by atoms with Crippen molar-refractivity contribution in [2.45, 2.75) is 154 Å². The van der Waals surface area contributed by atoms with Gasteiger partial charge >= 0.3 is 0 Å². The Morgan fingerprint density at radius 1 is 0.690 bits per heavy atom. The number of hydrogen-bond acceptors (Lipinski definition) is 2. The number of hydrogen-bond donors (Lipinski definition) is 0. The molecular formula is C26H52OS2. The number of unbranched alkanes of at least 4 members (excludes halogenated alkanes) is 6. The Morgan fingerprint density at radius 3 is 1.76 bits per heavy atom. The maximum absolute atomic E-state index is 13.1. The molecule has 1 nitrogen and oxygen atoms in total. The second-order valence-corrected chi connectivity index (χ2v) is 12.9. The van der Waals surface area contributed by atoms with E-state index in [0.717, 1.165) is 11.7 Å². The zero-order valence-corrected chi connectivity index (χ0v) is 21.6. The van der Waals surface area contributed by atoms with Gasteiger partial charge in [-0.15, -0.1) is 0 Å². The Morgan fingerprint density at radius 2 is 1.17 bits per heavy atom. The fourth-order valence-electron chi connectivity index (χ4n) is 4.59. The Labute approximate surface area is 190 Å². The van der Waals surface area contributed by atoms with Crippen molar-refractivity contribution < 1.29 is 4.21 Å². The van der Waals surface area contributed by atoms with Crippen molar-refractivity contribution in [1.29, 1.82) is 0 Å². The highest BCUT2D eigenvalue weighted by atomic mass is 33.1. The first kappa shape index (κ1) is 27.5. The van der Waals surface area contributed by atoms with Gasteiger partial charge in [0, 0.05) is 11.0 Å². The molecular weight excluding hydrogens is 392 g/mol. The van der Waals surface area contributed by atoms with Crippen LogP contribution in [0.2, 0.25) is 0 Å². The van der Waals surface area contributed by atoms with Crippen molar-refractivity contribution in [2.75, 3.05) is 5.75 Å². The lowest BCUT2D eigenvalue weighted by molar-refractivity contribution is 0.426. The molecule has 3 heteroatoms. The molecule has 1 aliphatic carbocycles. The third kappa shape index (κ3) is 15.9. The van der Waals surface area contributed by atoms with Crippen LogP contribution in [0, 0.1) is 5.92 Å². The van der Waals surface area contributed by atoms with E-state index in [-0.39, 0.29) is 0 Å². The summed E-state index contributed by atoms with van der Waals surface area (Å²) in [6.07, 6.45) is 28.5. The summed E-state index contributed by atoms with van der Waals surface area (Å²) in [4.78, 5) is 0. The highest BCUT2D eigenvalue weighted by Gasteiger charge is 2.19. The largest absolute Gasteiger partial charge is 0.248 e. The zero-order chi connectivity index (χ0) is 21.0. The van der Waals surface area contributed by atoms with Crippen LogP contribution in [0.1, 0.15) is 149 Å². The highest BCUT2D eigenvalue weighted by Crippen LogP contribution is 2.29. The Kier molecular flexibility index (Phi) is 19.4. The molecule has 0 radical (unpaired) electrons. The van der Waals surface area contributed by atoms with Gasteiger partial charge in [-0.3, -0.25) is 0 Å². The quantitative estimate of drug-likeness (QED) is 0.196. The summed E-state index contributed by atoms with van der Waals surface area (Å²) in [6.45, 7) is 4.55. The van der Waals surface area contributed by atoms with Gasteiger partial charge in [0.15, 0.2) is 0 Å². The first-order valence-electron chi connectivity index (χ1n) is 13.3. The molecule has 0 spiro atoms. The third-order valence-corrected chi connectivity index (χ3v) is 10.5. The van der Waals surface area contributed by atoms with Gasteiger partial charge in [0.25, 0.3) is 0 Å². The molecule has 0 aliphatic heterocycles. The summed E-state index contributed by atoms with van der Waals surface area (Å²) < 4.78 is 13.1. The monoisotopic (exact) mass is 444 g/mol. The normalized spacial score (nSPS) is 19.9. The second-order valence-electron chi connectivity index (χ2n) is 9.49. The average Bonchev–Trinajstić information content (AvgIpc) is 2.72. The van der Waals surface area contributed by atoms with Crippen LogP contribution in [0.5, 0.6) is 0 Å². The molecule has 29 heavy (non-hydrogen) atoms. The van der Waals surface area contributed by atoms with Crippen LogP contribution >= 0.6 is 10.8 Å². The van der Waals surface area contributed by atoms with Gasteiger partial charge in [0.05, 0.1) is 9.83 Å². The van der Waals surface area contributed by atoms with E-state index in [1.54, 1.807) is 0 Å². The lowest BCUT2D eigenvalue weighted by Crippen LogP contribution is -2.15. The Balaban J connectivity index is 2.36. The fraction of sp³-hybridized carbons (Fsp3) is 1.00. The molecule has 0 N–H and O–H groups in total. The minimum Gasteiger partial charge on any atom is -0.248 e. The van der Waals surface area contributed by atoms with Gasteiger partial charge < -0.3 is 0 Å². The maximum Gasteiger partial charge on any atom is 0.0835 e. The van der Waals surface area contributed by atoms with Crippen LogP contribution in [0.4, 0.5) is 0 Å². The SMILES string of the molecule is CCCCCCCCC(CCCC)S(=O)SCC1CCCCCCCCCCC1. The second kappa shape index (κ2) is 20.4. The molecule has 1 aliphatic rings. The van der Waals surface area contributed by atoms with E-state index in [9.17, 15) is 4.21 Å². The van der Waals surface area contributed by atoms with Crippen molar-refractivity contribution in [1.82, 2.24) is 0 Å². The molecule has 2 unspecified atom stereocenters. The fourth-order valence-corrected chi connectivity index (χ4v) is 8.30. The molecule has 1 fully saturated rings. The minimum absolute atomic E-state index is 0.442. The van der Waals surface area contributed by atoms with E-state index in [1.807, 2.05) is 10.8 Å². The Hall–Kier alpha value is 0.500. The van der Waals surface area contributed by atoms with Gasteiger partial charge in [-0.2, -0.15) is 0 Å². The average molecular weight is 445 g/mol. The standard InChI is InChI=1S/C26H52OS2/c1-3-5-7-8-16-19-23-26(22-6-4-2)29(27)28-24-25-20-17-14-12-10-9-11-13-15-18-21-25/h25-26H,3-24H2,1-2H3. The van der Waals surface area contributed by atoms with Crippen LogP contribution in [-0.4, -0.2) is 15.2 Å². The number of rotatable bonds is 14. The van der Waals surface area contributed by atoms with Crippen LogP contribution in [0.3, 0.4) is 0 Å². The first-order valence-corrected chi connectivity index (χ1v) is 16.0. The first-order chi connectivity index (χ1) is 14.3. The summed E-state index contributed by atoms with van der Waals surface area (Å²) >= 11 is 0. The maximum atomic E-state index is 13.1. The van der Waals surface area contributed by atoms with E-state index in [1.165, 1.54) is 135 Å². The van der Waals surface area contributed by atoms with Crippen molar-refractivity contribution in [2.24, 2.45) is 5.92 Å². The molecule has 1 saturated carbocycles.